The zero-order valence-electron chi connectivity index (χ0n) is 12.0. The summed E-state index contributed by atoms with van der Waals surface area (Å²) < 4.78 is 28.8. The van der Waals surface area contributed by atoms with Crippen LogP contribution >= 0.6 is 11.3 Å². The number of aliphatic hydroxyl groups excluding tert-OH is 1. The fraction of sp³-hybridized carbons (Fsp3) is 0.462. The molecule has 0 spiro atoms. The molecule has 0 unspecified atom stereocenters. The van der Waals surface area contributed by atoms with E-state index < -0.39 is 10.0 Å². The number of nitrogens with one attached hydrogen (secondary N) is 1. The van der Waals surface area contributed by atoms with Crippen molar-refractivity contribution in [3.05, 3.63) is 34.0 Å². The van der Waals surface area contributed by atoms with Gasteiger partial charge in [0.25, 0.3) is 0 Å². The Hall–Kier alpha value is -1.22. The lowest BCUT2D eigenvalue weighted by Gasteiger charge is -2.04. The third-order valence-corrected chi connectivity index (χ3v) is 5.20. The van der Waals surface area contributed by atoms with Crippen molar-refractivity contribution in [1.29, 1.82) is 0 Å². The summed E-state index contributed by atoms with van der Waals surface area (Å²) in [5.41, 5.74) is 1.30. The van der Waals surface area contributed by atoms with E-state index in [4.69, 9.17) is 0 Å². The Kier molecular flexibility index (Phi) is 5.15. The Morgan fingerprint density at radius 3 is 2.81 bits per heavy atom. The van der Waals surface area contributed by atoms with E-state index >= 15 is 0 Å². The van der Waals surface area contributed by atoms with Gasteiger partial charge in [-0.25, -0.2) is 18.1 Å². The molecule has 2 aromatic heterocycles. The molecule has 2 rings (SSSR count). The number of hydrogen-bond acceptors (Lipinski definition) is 5. The molecule has 0 aliphatic rings. The van der Waals surface area contributed by atoms with E-state index in [0.717, 1.165) is 11.4 Å². The fourth-order valence-corrected chi connectivity index (χ4v) is 3.67. The molecule has 0 bridgehead atoms. The normalized spacial score (nSPS) is 12.0. The summed E-state index contributed by atoms with van der Waals surface area (Å²) in [6, 6.07) is 1.50. The minimum atomic E-state index is -3.60. The van der Waals surface area contributed by atoms with Crippen LogP contribution in [0.5, 0.6) is 0 Å². The predicted molar refractivity (Wildman–Crippen MR) is 81.5 cm³/mol. The summed E-state index contributed by atoms with van der Waals surface area (Å²) >= 11 is 1.48. The first kappa shape index (κ1) is 16.2. The Balaban J connectivity index is 2.15. The first-order chi connectivity index (χ1) is 9.96. The predicted octanol–water partition coefficient (Wildman–Crippen LogP) is 1.63. The van der Waals surface area contributed by atoms with E-state index in [1.54, 1.807) is 10.8 Å². The maximum atomic E-state index is 12.3. The van der Waals surface area contributed by atoms with Crippen LogP contribution in [0.4, 0.5) is 0 Å². The van der Waals surface area contributed by atoms with Gasteiger partial charge in [0.05, 0.1) is 28.7 Å². The number of hydrogen-bond donors (Lipinski definition) is 2. The first-order valence-electron chi connectivity index (χ1n) is 6.67. The second-order valence-electron chi connectivity index (χ2n) is 4.70. The van der Waals surface area contributed by atoms with Crippen LogP contribution < -0.4 is 4.72 Å². The molecule has 0 fully saturated rings. The summed E-state index contributed by atoms with van der Waals surface area (Å²) in [4.78, 5) is 4.40. The Morgan fingerprint density at radius 2 is 2.24 bits per heavy atom. The lowest BCUT2D eigenvalue weighted by molar-refractivity contribution is 0.270. The van der Waals surface area contributed by atoms with Gasteiger partial charge in [0, 0.05) is 23.8 Å². The maximum Gasteiger partial charge on any atom is 0.242 e. The SMILES string of the molecule is CCCn1cc(S(=O)(=O)NCc2csc(C)n2)cc1CO. The molecule has 0 aromatic carbocycles. The van der Waals surface area contributed by atoms with Gasteiger partial charge in [-0.15, -0.1) is 11.3 Å². The van der Waals surface area contributed by atoms with E-state index in [2.05, 4.69) is 9.71 Å². The Morgan fingerprint density at radius 1 is 1.48 bits per heavy atom. The highest BCUT2D eigenvalue weighted by Crippen LogP contribution is 2.16. The number of sulfonamides is 1. The fourth-order valence-electron chi connectivity index (χ4n) is 2.00. The second-order valence-corrected chi connectivity index (χ2v) is 7.53. The van der Waals surface area contributed by atoms with Gasteiger partial charge in [-0.1, -0.05) is 6.92 Å². The zero-order valence-corrected chi connectivity index (χ0v) is 13.7. The quantitative estimate of drug-likeness (QED) is 0.809. The first-order valence-corrected chi connectivity index (χ1v) is 9.03. The van der Waals surface area contributed by atoms with Crippen LogP contribution in [-0.4, -0.2) is 23.1 Å². The molecule has 2 heterocycles. The summed E-state index contributed by atoms with van der Waals surface area (Å²) in [5, 5.41) is 12.0. The molecule has 0 radical (unpaired) electrons. The smallest absolute Gasteiger partial charge is 0.242 e. The van der Waals surface area contributed by atoms with Crippen molar-refractivity contribution >= 4 is 21.4 Å². The number of aliphatic hydroxyl groups is 1. The van der Waals surface area contributed by atoms with E-state index in [-0.39, 0.29) is 18.0 Å². The van der Waals surface area contributed by atoms with Crippen LogP contribution in [0.1, 0.15) is 29.7 Å². The molecule has 0 saturated heterocycles. The standard InChI is InChI=1S/C13H19N3O3S2/c1-3-4-16-7-13(5-12(16)8-17)21(18,19)14-6-11-9-20-10(2)15-11/h5,7,9,14,17H,3-4,6,8H2,1-2H3. The van der Waals surface area contributed by atoms with Crippen molar-refractivity contribution in [3.63, 3.8) is 0 Å². The van der Waals surface area contributed by atoms with Crippen molar-refractivity contribution < 1.29 is 13.5 Å². The van der Waals surface area contributed by atoms with Crippen LogP contribution in [0.15, 0.2) is 22.5 Å². The maximum absolute atomic E-state index is 12.3. The van der Waals surface area contributed by atoms with Gasteiger partial charge in [-0.3, -0.25) is 0 Å². The molecule has 0 amide bonds. The molecule has 2 N–H and O–H groups in total. The molecule has 0 atom stereocenters. The van der Waals surface area contributed by atoms with Gasteiger partial charge >= 0.3 is 0 Å². The minimum Gasteiger partial charge on any atom is -0.390 e. The second kappa shape index (κ2) is 6.69. The molecular formula is C13H19N3O3S2. The van der Waals surface area contributed by atoms with Gasteiger partial charge in [-0.05, 0) is 19.4 Å². The average Bonchev–Trinajstić information content (AvgIpc) is 3.04. The Bertz CT molecular complexity index is 704. The molecule has 8 heteroatoms. The molecular weight excluding hydrogens is 310 g/mol. The number of aromatic nitrogens is 2. The third-order valence-electron chi connectivity index (χ3n) is 3.01. The summed E-state index contributed by atoms with van der Waals surface area (Å²) in [5.74, 6) is 0. The number of thiazole rings is 1. The lowest BCUT2D eigenvalue weighted by atomic mass is 10.4. The summed E-state index contributed by atoms with van der Waals surface area (Å²) in [6.07, 6.45) is 2.43. The molecule has 0 aliphatic heterocycles. The van der Waals surface area contributed by atoms with Crippen molar-refractivity contribution in [2.75, 3.05) is 0 Å². The van der Waals surface area contributed by atoms with Crippen LogP contribution in [0, 0.1) is 6.92 Å². The van der Waals surface area contributed by atoms with Gasteiger partial charge in [0.1, 0.15) is 0 Å². The molecule has 0 aliphatic carbocycles. The number of aryl methyl sites for hydroxylation is 2. The molecule has 116 valence electrons. The summed E-state index contributed by atoms with van der Waals surface area (Å²) in [7, 11) is -3.60. The molecule has 6 nitrogen and oxygen atoms in total. The topological polar surface area (TPSA) is 84.2 Å². The monoisotopic (exact) mass is 329 g/mol. The van der Waals surface area contributed by atoms with Crippen molar-refractivity contribution in [2.24, 2.45) is 0 Å². The highest BCUT2D eigenvalue weighted by molar-refractivity contribution is 7.89. The van der Waals surface area contributed by atoms with E-state index in [9.17, 15) is 13.5 Å². The van der Waals surface area contributed by atoms with Gasteiger partial charge < -0.3 is 9.67 Å². The number of nitrogens with zero attached hydrogens (tertiary/aromatic N) is 2. The number of rotatable bonds is 7. The molecule has 21 heavy (non-hydrogen) atoms. The highest BCUT2D eigenvalue weighted by Gasteiger charge is 2.18. The van der Waals surface area contributed by atoms with Crippen LogP contribution in [-0.2, 0) is 29.7 Å². The third kappa shape index (κ3) is 3.91. The average molecular weight is 329 g/mol. The molecule has 0 saturated carbocycles. The lowest BCUT2D eigenvalue weighted by Crippen LogP contribution is -2.23. The van der Waals surface area contributed by atoms with Gasteiger partial charge in [-0.2, -0.15) is 0 Å². The van der Waals surface area contributed by atoms with E-state index in [1.165, 1.54) is 17.4 Å². The van der Waals surface area contributed by atoms with Crippen LogP contribution in [0.3, 0.4) is 0 Å². The van der Waals surface area contributed by atoms with E-state index in [0.29, 0.717) is 17.9 Å². The van der Waals surface area contributed by atoms with Gasteiger partial charge in [0.15, 0.2) is 0 Å². The van der Waals surface area contributed by atoms with Crippen molar-refractivity contribution in [2.45, 2.75) is 44.9 Å². The highest BCUT2D eigenvalue weighted by atomic mass is 32.2. The Labute approximate surface area is 128 Å². The molecule has 2 aromatic rings. The largest absolute Gasteiger partial charge is 0.390 e. The summed E-state index contributed by atoms with van der Waals surface area (Å²) in [6.45, 7) is 4.54. The van der Waals surface area contributed by atoms with Crippen LogP contribution in [0.25, 0.3) is 0 Å². The van der Waals surface area contributed by atoms with Gasteiger partial charge in [0.2, 0.25) is 10.0 Å². The minimum absolute atomic E-state index is 0.167. The zero-order chi connectivity index (χ0) is 15.5. The van der Waals surface area contributed by atoms with E-state index in [1.807, 2.05) is 19.2 Å². The van der Waals surface area contributed by atoms with Crippen molar-refractivity contribution in [1.82, 2.24) is 14.3 Å². The van der Waals surface area contributed by atoms with Crippen LogP contribution in [0.2, 0.25) is 0 Å². The van der Waals surface area contributed by atoms with Crippen molar-refractivity contribution in [3.8, 4) is 0 Å².